The molecule has 15 heteroatoms. The van der Waals surface area contributed by atoms with Crippen molar-refractivity contribution in [2.24, 2.45) is 71.0 Å². The Morgan fingerprint density at radius 3 is 0.926 bits per heavy atom. The first-order valence-corrected chi connectivity index (χ1v) is 33.4. The Hall–Kier alpha value is -2.22. The van der Waals surface area contributed by atoms with Gasteiger partial charge in [-0.15, -0.1) is 13.2 Å². The minimum absolute atomic E-state index is 0.0892. The molecule has 0 aromatic rings. The third-order valence-corrected chi connectivity index (χ3v) is 19.0. The number of hydrogen-bond acceptors (Lipinski definition) is 6. The first kappa shape index (κ1) is 71.3. The number of halogens is 9. The van der Waals surface area contributed by atoms with Gasteiger partial charge >= 0.3 is 36.6 Å². The average molecular weight is 1170 g/mol. The normalized spacial score (nSPS) is 27.2. The quantitative estimate of drug-likeness (QED) is 0.0262. The highest BCUT2D eigenvalue weighted by molar-refractivity contribution is 5.70. The van der Waals surface area contributed by atoms with E-state index in [-0.39, 0.29) is 19.3 Å². The Balaban J connectivity index is 0.000000262. The Kier molecular flexibility index (Phi) is 33.5. The minimum Gasteiger partial charge on any atom is -0.456 e. The largest absolute Gasteiger partial charge is 0.575 e. The van der Waals surface area contributed by atoms with Gasteiger partial charge in [0.15, 0.2) is 12.7 Å². The van der Waals surface area contributed by atoms with E-state index in [1.807, 2.05) is 0 Å². The van der Waals surface area contributed by atoms with Gasteiger partial charge in [0.2, 0.25) is 0 Å². The number of carbonyl (C=O) groups is 3. The molecule has 0 N–H and O–H groups in total. The maximum Gasteiger partial charge on any atom is 0.575 e. The van der Waals surface area contributed by atoms with Crippen LogP contribution in [0.1, 0.15) is 297 Å². The number of unbranched alkanes of at least 4 members (excludes halogenated alkanes) is 18. The van der Waals surface area contributed by atoms with Crippen LogP contribution in [0.15, 0.2) is 0 Å². The number of carbonyl (C=O) groups excluding carboxylic acids is 3. The second-order valence-electron chi connectivity index (χ2n) is 26.5. The van der Waals surface area contributed by atoms with Gasteiger partial charge in [0.25, 0.3) is 0 Å². The van der Waals surface area contributed by atoms with Gasteiger partial charge < -0.3 is 14.2 Å². The van der Waals surface area contributed by atoms with Crippen molar-refractivity contribution in [1.82, 2.24) is 0 Å². The molecular weight excluding hydrogens is 1060 g/mol. The number of hydrogen-bond donors (Lipinski definition) is 0. The van der Waals surface area contributed by atoms with Crippen molar-refractivity contribution in [3.63, 3.8) is 0 Å². The first-order chi connectivity index (χ1) is 38.6. The van der Waals surface area contributed by atoms with Crippen LogP contribution < -0.4 is 0 Å². The fourth-order valence-corrected chi connectivity index (χ4v) is 13.2. The van der Waals surface area contributed by atoms with E-state index in [1.54, 1.807) is 0 Å². The Bertz CT molecular complexity index is 1700. The molecule has 6 rings (SSSR count). The van der Waals surface area contributed by atoms with E-state index >= 15 is 0 Å². The number of rotatable bonds is 44. The predicted octanol–water partition coefficient (Wildman–Crippen LogP) is 21.5. The van der Waals surface area contributed by atoms with Gasteiger partial charge in [0, 0.05) is 19.3 Å². The summed E-state index contributed by atoms with van der Waals surface area (Å²) in [4.78, 5) is 33.5. The molecule has 0 bridgehead atoms. The summed E-state index contributed by atoms with van der Waals surface area (Å²) in [7, 11) is 0. The monoisotopic (exact) mass is 1170 g/mol. The van der Waals surface area contributed by atoms with Crippen LogP contribution in [0.3, 0.4) is 0 Å². The molecule has 474 valence electrons. The summed E-state index contributed by atoms with van der Waals surface area (Å²) in [5.74, 6) is 9.40. The molecule has 81 heavy (non-hydrogen) atoms. The van der Waals surface area contributed by atoms with Crippen molar-refractivity contribution in [3.05, 3.63) is 0 Å². The Morgan fingerprint density at radius 1 is 0.370 bits per heavy atom. The van der Waals surface area contributed by atoms with Crippen LogP contribution in [0, 0.1) is 71.0 Å². The highest BCUT2D eigenvalue weighted by Crippen LogP contribution is 2.57. The van der Waals surface area contributed by atoms with Crippen molar-refractivity contribution in [2.75, 3.05) is 6.61 Å². The van der Waals surface area contributed by atoms with Gasteiger partial charge in [0.1, 0.15) is 0 Å². The van der Waals surface area contributed by atoms with Gasteiger partial charge in [-0.1, -0.05) is 194 Å². The molecule has 0 saturated heterocycles. The molecule has 0 radical (unpaired) electrons. The molecule has 13 unspecified atom stereocenters. The summed E-state index contributed by atoms with van der Waals surface area (Å²) in [6.07, 6.45) is 32.9. The molecule has 0 amide bonds. The van der Waals surface area contributed by atoms with E-state index in [0.29, 0.717) is 19.3 Å². The summed E-state index contributed by atoms with van der Waals surface area (Å²) in [5, 5.41) is 0. The molecule has 6 saturated carbocycles. The number of alkyl halides is 9. The smallest absolute Gasteiger partial charge is 0.456 e. The average Bonchev–Trinajstić information content (AvgIpc) is 4.13. The molecule has 0 heterocycles. The highest BCUT2D eigenvalue weighted by atomic mass is 19.4. The molecule has 6 nitrogen and oxygen atoms in total. The SMILES string of the molecule is CCCCCC1CC1CC1CC1CCCCCCCC(=O)OC(C)C(F)(F)F.CCCCCC1CC1CC1CC1CCCCCCCC(=O)OC(F)(F)F.CCCCCC1CC1CC1CC1CCCCCCCC(=O)OCC(F)(F)F. The van der Waals surface area contributed by atoms with Crippen LogP contribution in [-0.4, -0.2) is 49.3 Å². The van der Waals surface area contributed by atoms with Crippen molar-refractivity contribution in [3.8, 4) is 0 Å². The topological polar surface area (TPSA) is 78.9 Å². The molecule has 0 aromatic carbocycles. The van der Waals surface area contributed by atoms with Crippen LogP contribution in [0.4, 0.5) is 39.5 Å². The fraction of sp³-hybridized carbons (Fsp3) is 0.955. The zero-order valence-electron chi connectivity index (χ0n) is 50.8. The van der Waals surface area contributed by atoms with Gasteiger partial charge in [-0.25, -0.2) is 0 Å². The lowest BCUT2D eigenvalue weighted by Crippen LogP contribution is -2.30. The van der Waals surface area contributed by atoms with Crippen LogP contribution in [0.25, 0.3) is 0 Å². The lowest BCUT2D eigenvalue weighted by atomic mass is 10.0. The molecule has 6 fully saturated rings. The minimum atomic E-state index is -4.84. The molecule has 6 aliphatic rings. The van der Waals surface area contributed by atoms with Gasteiger partial charge in [-0.2, -0.15) is 26.3 Å². The Labute approximate surface area is 484 Å². The molecule has 0 spiro atoms. The third kappa shape index (κ3) is 35.7. The summed E-state index contributed by atoms with van der Waals surface area (Å²) in [6.45, 7) is 6.21. The predicted molar refractivity (Wildman–Crippen MR) is 304 cm³/mol. The fourth-order valence-electron chi connectivity index (χ4n) is 13.2. The van der Waals surface area contributed by atoms with Crippen molar-refractivity contribution >= 4 is 17.9 Å². The number of esters is 3. The molecule has 6 aliphatic carbocycles. The first-order valence-electron chi connectivity index (χ1n) is 33.4. The van der Waals surface area contributed by atoms with Gasteiger partial charge in [-0.05, 0) is 155 Å². The Morgan fingerprint density at radius 2 is 0.642 bits per heavy atom. The van der Waals surface area contributed by atoms with E-state index in [4.69, 9.17) is 0 Å². The van der Waals surface area contributed by atoms with Crippen LogP contribution >= 0.6 is 0 Å². The summed E-state index contributed by atoms with van der Waals surface area (Å²) < 4.78 is 120. The zero-order chi connectivity index (χ0) is 59.3. The van der Waals surface area contributed by atoms with E-state index in [2.05, 4.69) is 35.0 Å². The summed E-state index contributed by atoms with van der Waals surface area (Å²) >= 11 is 0. The standard InChI is InChI=1S/C23H39F3O2.C22H37F3O2.C21H35F3O2/c1-3-4-8-11-18-14-20(18)16-21-15-19(21)12-9-6-5-7-10-13-22(27)28-17(2)23(24,25)26;1-2-3-7-10-17-13-19(17)15-20-14-18(20)11-8-5-4-6-9-12-21(26)27-16-22(23,24)25;1-2-3-7-10-16-13-18(16)15-19-14-17(19)11-8-5-4-6-9-12-20(25)26-21(22,23)24/h17-21H,3-16H2,1-2H3;17-20H,2-16H2,1H3;16-19H,2-15H2,1H3. The van der Waals surface area contributed by atoms with Gasteiger partial charge in [-0.3, -0.25) is 14.4 Å². The maximum atomic E-state index is 12.3. The van der Waals surface area contributed by atoms with Crippen molar-refractivity contribution < 1.29 is 68.1 Å². The molecule has 13 atom stereocenters. The van der Waals surface area contributed by atoms with Gasteiger partial charge in [0.05, 0.1) is 0 Å². The summed E-state index contributed by atoms with van der Waals surface area (Å²) in [6, 6.07) is 0. The lowest BCUT2D eigenvalue weighted by Gasteiger charge is -2.16. The molecular formula is C66H111F9O6. The maximum absolute atomic E-state index is 12.3. The lowest BCUT2D eigenvalue weighted by molar-refractivity contribution is -0.305. The second-order valence-corrected chi connectivity index (χ2v) is 26.5. The molecule has 0 aromatic heterocycles. The van der Waals surface area contributed by atoms with E-state index in [9.17, 15) is 53.9 Å². The highest BCUT2D eigenvalue weighted by Gasteiger charge is 2.47. The van der Waals surface area contributed by atoms with Crippen LogP contribution in [0.2, 0.25) is 0 Å². The third-order valence-electron chi connectivity index (χ3n) is 19.0. The van der Waals surface area contributed by atoms with Crippen LogP contribution in [0.5, 0.6) is 0 Å². The summed E-state index contributed by atoms with van der Waals surface area (Å²) in [5.41, 5.74) is 0. The second kappa shape index (κ2) is 38.0. The van der Waals surface area contributed by atoms with Crippen molar-refractivity contribution in [2.45, 2.75) is 322 Å². The zero-order valence-corrected chi connectivity index (χ0v) is 50.8. The van der Waals surface area contributed by atoms with E-state index < -0.39 is 49.3 Å². The van der Waals surface area contributed by atoms with E-state index in [1.165, 1.54) is 186 Å². The number of ether oxygens (including phenoxy) is 3. The molecule has 0 aliphatic heterocycles. The van der Waals surface area contributed by atoms with Crippen molar-refractivity contribution in [1.29, 1.82) is 0 Å². The van der Waals surface area contributed by atoms with Crippen LogP contribution in [-0.2, 0) is 28.6 Å². The van der Waals surface area contributed by atoms with E-state index in [0.717, 1.165) is 123 Å².